The lowest BCUT2D eigenvalue weighted by Crippen LogP contribution is -2.36. The first-order chi connectivity index (χ1) is 10.8. The standard InChI is InChI=1S/C18H27FN2O2/c1-5-20-16(13-7-6-8-15(19)11-13)14-9-10-21(12-14)17(22)23-18(2,3)4/h6-8,11,14,16,20H,5,9-10,12H2,1-4H3. The highest BCUT2D eigenvalue weighted by molar-refractivity contribution is 5.68. The van der Waals surface area contributed by atoms with E-state index in [1.807, 2.05) is 33.8 Å². The van der Waals surface area contributed by atoms with Gasteiger partial charge in [-0.3, -0.25) is 0 Å². The van der Waals surface area contributed by atoms with Gasteiger partial charge in [-0.15, -0.1) is 0 Å². The summed E-state index contributed by atoms with van der Waals surface area (Å²) in [5, 5.41) is 3.43. The molecular formula is C18H27FN2O2. The summed E-state index contributed by atoms with van der Waals surface area (Å²) in [4.78, 5) is 14.0. The van der Waals surface area contributed by atoms with E-state index in [2.05, 4.69) is 5.32 Å². The quantitative estimate of drug-likeness (QED) is 0.918. The van der Waals surface area contributed by atoms with Crippen molar-refractivity contribution in [1.82, 2.24) is 10.2 Å². The average Bonchev–Trinajstić information content (AvgIpc) is 2.92. The third-order valence-corrected chi connectivity index (χ3v) is 3.98. The Balaban J connectivity index is 2.06. The van der Waals surface area contributed by atoms with Gasteiger partial charge in [-0.1, -0.05) is 19.1 Å². The maximum atomic E-state index is 13.5. The summed E-state index contributed by atoms with van der Waals surface area (Å²) >= 11 is 0. The van der Waals surface area contributed by atoms with Crippen molar-refractivity contribution in [2.24, 2.45) is 5.92 Å². The monoisotopic (exact) mass is 322 g/mol. The molecule has 1 N–H and O–H groups in total. The third kappa shape index (κ3) is 4.93. The van der Waals surface area contributed by atoms with E-state index in [1.54, 1.807) is 17.0 Å². The van der Waals surface area contributed by atoms with Crippen LogP contribution < -0.4 is 5.32 Å². The van der Waals surface area contributed by atoms with E-state index in [-0.39, 0.29) is 23.9 Å². The van der Waals surface area contributed by atoms with Gasteiger partial charge in [0.25, 0.3) is 0 Å². The lowest BCUT2D eigenvalue weighted by Gasteiger charge is -2.27. The zero-order chi connectivity index (χ0) is 17.0. The minimum absolute atomic E-state index is 0.0446. The number of nitrogens with one attached hydrogen (secondary N) is 1. The van der Waals surface area contributed by atoms with Crippen molar-refractivity contribution in [2.75, 3.05) is 19.6 Å². The molecule has 0 radical (unpaired) electrons. The first kappa shape index (κ1) is 17.7. The SMILES string of the molecule is CCNC(c1cccc(F)c1)C1CCN(C(=O)OC(C)(C)C)C1. The van der Waals surface area contributed by atoms with Crippen LogP contribution in [0.2, 0.25) is 0 Å². The minimum Gasteiger partial charge on any atom is -0.444 e. The normalized spacial score (nSPS) is 19.7. The van der Waals surface area contributed by atoms with Crippen LogP contribution in [0.4, 0.5) is 9.18 Å². The zero-order valence-electron chi connectivity index (χ0n) is 14.4. The van der Waals surface area contributed by atoms with Crippen molar-refractivity contribution in [3.05, 3.63) is 35.6 Å². The maximum Gasteiger partial charge on any atom is 0.410 e. The summed E-state index contributed by atoms with van der Waals surface area (Å²) in [7, 11) is 0. The highest BCUT2D eigenvalue weighted by atomic mass is 19.1. The lowest BCUT2D eigenvalue weighted by atomic mass is 9.92. The third-order valence-electron chi connectivity index (χ3n) is 3.98. The van der Waals surface area contributed by atoms with Crippen molar-refractivity contribution < 1.29 is 13.9 Å². The van der Waals surface area contributed by atoms with Crippen LogP contribution in [-0.2, 0) is 4.74 Å². The number of halogens is 1. The molecule has 2 rings (SSSR count). The Morgan fingerprint density at radius 3 is 2.83 bits per heavy atom. The summed E-state index contributed by atoms with van der Waals surface area (Å²) in [6.45, 7) is 9.74. The second-order valence-corrected chi connectivity index (χ2v) is 7.07. The number of nitrogens with zero attached hydrogens (tertiary/aromatic N) is 1. The number of benzene rings is 1. The second-order valence-electron chi connectivity index (χ2n) is 7.07. The molecule has 1 aromatic carbocycles. The van der Waals surface area contributed by atoms with Crippen molar-refractivity contribution >= 4 is 6.09 Å². The topological polar surface area (TPSA) is 41.6 Å². The number of amides is 1. The number of hydrogen-bond acceptors (Lipinski definition) is 3. The minimum atomic E-state index is -0.487. The fraction of sp³-hybridized carbons (Fsp3) is 0.611. The molecular weight excluding hydrogens is 295 g/mol. The Kier molecular flexibility index (Phi) is 5.63. The molecule has 1 saturated heterocycles. The van der Waals surface area contributed by atoms with Gasteiger partial charge in [-0.2, -0.15) is 0 Å². The number of hydrogen-bond donors (Lipinski definition) is 1. The molecule has 1 amide bonds. The van der Waals surface area contributed by atoms with Gasteiger partial charge < -0.3 is 15.0 Å². The Labute approximate surface area is 138 Å². The van der Waals surface area contributed by atoms with E-state index >= 15 is 0 Å². The molecule has 128 valence electrons. The van der Waals surface area contributed by atoms with E-state index in [1.165, 1.54) is 6.07 Å². The molecule has 2 unspecified atom stereocenters. The van der Waals surface area contributed by atoms with Gasteiger partial charge in [0.2, 0.25) is 0 Å². The predicted molar refractivity (Wildman–Crippen MR) is 88.7 cm³/mol. The fourth-order valence-corrected chi connectivity index (χ4v) is 3.03. The first-order valence-corrected chi connectivity index (χ1v) is 8.27. The number of rotatable bonds is 4. The Bertz CT molecular complexity index is 542. The summed E-state index contributed by atoms with van der Waals surface area (Å²) in [6.07, 6.45) is 0.613. The lowest BCUT2D eigenvalue weighted by molar-refractivity contribution is 0.0285. The molecule has 4 nitrogen and oxygen atoms in total. The molecule has 0 saturated carbocycles. The van der Waals surface area contributed by atoms with Crippen LogP contribution in [0, 0.1) is 11.7 Å². The Morgan fingerprint density at radius 1 is 1.48 bits per heavy atom. The second kappa shape index (κ2) is 7.30. The average molecular weight is 322 g/mol. The van der Waals surface area contributed by atoms with E-state index in [0.29, 0.717) is 13.1 Å². The highest BCUT2D eigenvalue weighted by Gasteiger charge is 2.34. The number of likely N-dealkylation sites (tertiary alicyclic amines) is 1. The molecule has 1 aliphatic heterocycles. The van der Waals surface area contributed by atoms with E-state index in [9.17, 15) is 9.18 Å². The fourth-order valence-electron chi connectivity index (χ4n) is 3.03. The molecule has 1 aliphatic rings. The number of carbonyl (C=O) groups excluding carboxylic acids is 1. The molecule has 1 heterocycles. The van der Waals surface area contributed by atoms with E-state index in [4.69, 9.17) is 4.74 Å². The van der Waals surface area contributed by atoms with Crippen LogP contribution in [0.25, 0.3) is 0 Å². The van der Waals surface area contributed by atoms with E-state index < -0.39 is 5.60 Å². The molecule has 23 heavy (non-hydrogen) atoms. The Hall–Kier alpha value is -1.62. The summed E-state index contributed by atoms with van der Waals surface area (Å²) in [6, 6.07) is 6.74. The van der Waals surface area contributed by atoms with Crippen molar-refractivity contribution in [2.45, 2.75) is 45.8 Å². The van der Waals surface area contributed by atoms with Gasteiger partial charge in [-0.25, -0.2) is 9.18 Å². The highest BCUT2D eigenvalue weighted by Crippen LogP contribution is 2.31. The van der Waals surface area contributed by atoms with Crippen LogP contribution in [0.15, 0.2) is 24.3 Å². The van der Waals surface area contributed by atoms with Gasteiger partial charge in [-0.05, 0) is 57.4 Å². The molecule has 2 atom stereocenters. The zero-order valence-corrected chi connectivity index (χ0v) is 14.4. The van der Waals surface area contributed by atoms with Gasteiger partial charge >= 0.3 is 6.09 Å². The smallest absolute Gasteiger partial charge is 0.410 e. The van der Waals surface area contributed by atoms with Crippen LogP contribution in [-0.4, -0.2) is 36.2 Å². The molecule has 0 spiro atoms. The maximum absolute atomic E-state index is 13.5. The molecule has 1 fully saturated rings. The molecule has 5 heteroatoms. The molecule has 0 aromatic heterocycles. The predicted octanol–water partition coefficient (Wildman–Crippen LogP) is 3.73. The van der Waals surface area contributed by atoms with Crippen LogP contribution in [0.5, 0.6) is 0 Å². The van der Waals surface area contributed by atoms with Crippen molar-refractivity contribution in [3.8, 4) is 0 Å². The first-order valence-electron chi connectivity index (χ1n) is 8.27. The van der Waals surface area contributed by atoms with Gasteiger partial charge in [0, 0.05) is 19.1 Å². The van der Waals surface area contributed by atoms with Crippen molar-refractivity contribution in [3.63, 3.8) is 0 Å². The van der Waals surface area contributed by atoms with E-state index in [0.717, 1.165) is 18.5 Å². The van der Waals surface area contributed by atoms with Gasteiger partial charge in [0.05, 0.1) is 0 Å². The van der Waals surface area contributed by atoms with Gasteiger partial charge in [0.1, 0.15) is 11.4 Å². The van der Waals surface area contributed by atoms with Crippen molar-refractivity contribution in [1.29, 1.82) is 0 Å². The van der Waals surface area contributed by atoms with Crippen LogP contribution in [0.1, 0.15) is 45.7 Å². The molecule has 1 aromatic rings. The largest absolute Gasteiger partial charge is 0.444 e. The molecule has 0 bridgehead atoms. The van der Waals surface area contributed by atoms with Crippen LogP contribution >= 0.6 is 0 Å². The number of ether oxygens (including phenoxy) is 1. The van der Waals surface area contributed by atoms with Crippen LogP contribution in [0.3, 0.4) is 0 Å². The Morgan fingerprint density at radius 2 is 2.22 bits per heavy atom. The number of carbonyl (C=O) groups is 1. The molecule has 0 aliphatic carbocycles. The van der Waals surface area contributed by atoms with Gasteiger partial charge in [0.15, 0.2) is 0 Å². The summed E-state index contributed by atoms with van der Waals surface area (Å²) in [5.74, 6) is 0.0247. The summed E-state index contributed by atoms with van der Waals surface area (Å²) < 4.78 is 19.0. The summed E-state index contributed by atoms with van der Waals surface area (Å²) in [5.41, 5.74) is 0.446.